The van der Waals surface area contributed by atoms with E-state index in [0.717, 1.165) is 39.9 Å². The summed E-state index contributed by atoms with van der Waals surface area (Å²) in [6.45, 7) is 17.1. The van der Waals surface area contributed by atoms with Crippen molar-refractivity contribution < 1.29 is 99.9 Å². The van der Waals surface area contributed by atoms with Crippen LogP contribution < -0.4 is 9.47 Å². The first-order valence-electron chi connectivity index (χ1n) is 37.1. The van der Waals surface area contributed by atoms with Gasteiger partial charge in [-0.3, -0.25) is 15.2 Å². The number of aromatic amines is 2. The van der Waals surface area contributed by atoms with Gasteiger partial charge < -0.3 is 58.0 Å². The Balaban J connectivity index is 0.000000169. The van der Waals surface area contributed by atoms with Crippen molar-refractivity contribution in [2.45, 2.75) is 99.1 Å². The molecule has 0 saturated carbocycles. The van der Waals surface area contributed by atoms with E-state index >= 15 is 0 Å². The molecule has 6 heterocycles. The number of carbonyl (C=O) groups is 6. The summed E-state index contributed by atoms with van der Waals surface area (Å²) in [6.07, 6.45) is 16.5. The number of ether oxygens (including phenoxy) is 9. The number of halogens is 3. The smallest absolute Gasteiger partial charge is 0.435 e. The third-order valence-electron chi connectivity index (χ3n) is 17.0. The van der Waals surface area contributed by atoms with E-state index in [1.807, 2.05) is 24.3 Å². The van der Waals surface area contributed by atoms with Crippen LogP contribution in [0.25, 0.3) is 92.2 Å². The van der Waals surface area contributed by atoms with Gasteiger partial charge in [-0.1, -0.05) is 60.7 Å². The van der Waals surface area contributed by atoms with Gasteiger partial charge in [-0.05, 0) is 226 Å². The van der Waals surface area contributed by atoms with Crippen molar-refractivity contribution in [1.82, 2.24) is 44.9 Å². The number of carboxylic acid groups (broad SMARTS) is 1. The first kappa shape index (κ1) is 85.7. The maximum atomic E-state index is 13.4. The van der Waals surface area contributed by atoms with Gasteiger partial charge in [0.25, 0.3) is 0 Å². The lowest BCUT2D eigenvalue weighted by Crippen LogP contribution is -2.27. The highest BCUT2D eigenvalue weighted by atomic mass is 19.1. The summed E-state index contributed by atoms with van der Waals surface area (Å²) >= 11 is 0. The third-order valence-corrected chi connectivity index (χ3v) is 17.0. The number of carbonyl (C=O) groups excluding carboxylic acids is 5. The number of esters is 3. The van der Waals surface area contributed by atoms with E-state index in [-0.39, 0.29) is 113 Å². The monoisotopic (exact) mass is 1600 g/mol. The zero-order valence-corrected chi connectivity index (χ0v) is 65.6. The molecule has 0 aliphatic carbocycles. The number of benzene rings is 7. The van der Waals surface area contributed by atoms with E-state index in [2.05, 4.69) is 35.6 Å². The molecule has 0 spiro atoms. The van der Waals surface area contributed by atoms with Crippen LogP contribution in [0.4, 0.5) is 22.8 Å². The molecule has 13 rings (SSSR count). The van der Waals surface area contributed by atoms with Gasteiger partial charge in [-0.2, -0.15) is 29.8 Å². The van der Waals surface area contributed by atoms with Gasteiger partial charge in [0.2, 0.25) is 0 Å². The number of phenols is 2. The number of aromatic carboxylic acids is 1. The molecule has 27 nitrogen and oxygen atoms in total. The second-order valence-electron chi connectivity index (χ2n) is 27.6. The molecule has 0 radical (unpaired) electrons. The van der Waals surface area contributed by atoms with Crippen molar-refractivity contribution >= 4 is 128 Å². The Labute approximate surface area is 669 Å². The predicted octanol–water partition coefficient (Wildman–Crippen LogP) is 17.8. The zero-order valence-electron chi connectivity index (χ0n) is 65.6. The first-order chi connectivity index (χ1) is 56.1. The minimum atomic E-state index is -1.04. The average molecular weight is 1600 g/mol. The van der Waals surface area contributed by atoms with E-state index < -0.39 is 47.3 Å². The van der Waals surface area contributed by atoms with Gasteiger partial charge in [0, 0.05) is 12.8 Å². The molecule has 1 fully saturated rings. The molecule has 12 aromatic rings. The van der Waals surface area contributed by atoms with E-state index in [4.69, 9.17) is 42.6 Å². The summed E-state index contributed by atoms with van der Waals surface area (Å²) in [6, 6.07) is 35.5. The maximum absolute atomic E-state index is 13.4. The number of methoxy groups -OCH3 is 1. The molecule has 0 bridgehead atoms. The summed E-state index contributed by atoms with van der Waals surface area (Å²) in [7, 11) is 1.44. The lowest BCUT2D eigenvalue weighted by molar-refractivity contribution is -0.165. The predicted molar refractivity (Wildman–Crippen MR) is 434 cm³/mol. The minimum Gasteiger partial charge on any atom is -0.506 e. The van der Waals surface area contributed by atoms with E-state index in [9.17, 15) is 57.3 Å². The van der Waals surface area contributed by atoms with Gasteiger partial charge in [-0.25, -0.2) is 41.9 Å². The fraction of sp³-hybridized carbons (Fsp3) is 0.253. The van der Waals surface area contributed by atoms with Crippen molar-refractivity contribution in [3.05, 3.63) is 231 Å². The van der Waals surface area contributed by atoms with Crippen LogP contribution in [0, 0.1) is 17.5 Å². The Morgan fingerprint density at radius 2 is 0.966 bits per heavy atom. The molecule has 5 aromatic heterocycles. The Bertz CT molecular complexity index is 5660. The molecule has 117 heavy (non-hydrogen) atoms. The number of nitrogens with one attached hydrogen (secondary N) is 2. The molecule has 0 amide bonds. The topological polar surface area (TPSA) is 352 Å². The van der Waals surface area contributed by atoms with Crippen LogP contribution in [0.2, 0.25) is 0 Å². The maximum Gasteiger partial charge on any atom is 0.435 e. The number of pyridine rings is 1. The molecule has 30 heteroatoms. The van der Waals surface area contributed by atoms with Crippen LogP contribution >= 0.6 is 0 Å². The normalized spacial score (nSPS) is 12.9. The number of rotatable bonds is 21. The number of nitrogens with zero attached hydrogens (tertiary/aromatic N) is 7. The van der Waals surface area contributed by atoms with E-state index in [1.54, 1.807) is 166 Å². The fourth-order valence-electron chi connectivity index (χ4n) is 11.7. The van der Waals surface area contributed by atoms with E-state index in [1.165, 1.54) is 73.8 Å². The molecule has 1 saturated heterocycles. The Kier molecular flexibility index (Phi) is 28.8. The quantitative estimate of drug-likeness (QED) is 0.0253. The molecule has 1 unspecified atom stereocenters. The molecular formula is C87H86F3N9O18. The summed E-state index contributed by atoms with van der Waals surface area (Å²) in [4.78, 5) is 78.3. The van der Waals surface area contributed by atoms with Crippen molar-refractivity contribution in [2.75, 3.05) is 46.8 Å². The third kappa shape index (κ3) is 22.4. The highest BCUT2D eigenvalue weighted by molar-refractivity contribution is 6.08. The van der Waals surface area contributed by atoms with Crippen molar-refractivity contribution in [3.63, 3.8) is 0 Å². The van der Waals surface area contributed by atoms with Gasteiger partial charge >= 0.3 is 36.1 Å². The number of fused-ring (bicyclic) bond motifs is 4. The number of aromatic hydroxyl groups is 2. The lowest BCUT2D eigenvalue weighted by Gasteiger charge is -2.22. The Morgan fingerprint density at radius 3 is 1.44 bits per heavy atom. The van der Waals surface area contributed by atoms with Gasteiger partial charge in [-0.15, -0.1) is 0 Å². The van der Waals surface area contributed by atoms with Gasteiger partial charge in [0.15, 0.2) is 6.29 Å². The molecule has 608 valence electrons. The number of hydrogen-bond acceptors (Lipinski definition) is 22. The number of phenolic OH excluding ortho intramolecular Hbond substituents is 2. The van der Waals surface area contributed by atoms with Gasteiger partial charge in [0.1, 0.15) is 80.5 Å². The van der Waals surface area contributed by atoms with Crippen molar-refractivity contribution in [2.24, 2.45) is 0 Å². The van der Waals surface area contributed by atoms with Crippen molar-refractivity contribution in [1.29, 1.82) is 0 Å². The number of hydrogen-bond donors (Lipinski definition) is 5. The Morgan fingerprint density at radius 1 is 0.513 bits per heavy atom. The highest BCUT2D eigenvalue weighted by Gasteiger charge is 2.30. The molecule has 1 atom stereocenters. The summed E-state index contributed by atoms with van der Waals surface area (Å²) < 4.78 is 90.7. The average Bonchev–Trinajstić information content (AvgIpc) is 1.62. The Hall–Kier alpha value is -13.7. The van der Waals surface area contributed by atoms with Crippen LogP contribution in [0.1, 0.15) is 168 Å². The molecular weight excluding hydrogens is 1520 g/mol. The molecule has 1 aliphatic heterocycles. The minimum absolute atomic E-state index is 0.0467. The molecule has 1 aliphatic rings. The second kappa shape index (κ2) is 39.3. The van der Waals surface area contributed by atoms with Crippen LogP contribution in [0.15, 0.2) is 146 Å². The molecule has 5 N–H and O–H groups in total. The zero-order chi connectivity index (χ0) is 84.1. The summed E-state index contributed by atoms with van der Waals surface area (Å²) in [5, 5.41) is 54.9. The standard InChI is InChI=1S/C30H35FN2O7.C23H23FN2O5.C18H15FN2O3.C16H13N3O3/c1-5-36-28(34)22-14-16-24-26(27(22)39-19-18-38-25-8-6-7-17-37-25)23(15-11-20-9-12-21(31)13-10-20)32-33(24)29(35)40-30(2,3)4;1-5-30-21(28)16-11-13-18-19(20(16)27)17(12-8-14-6-9-15(24)10-7-14)25-26(18)22(29)31-23(2,3)4;1-2-24-18(23)13-8-10-15-16(17(13)22)14(20-21-15)9-5-11-3-6-12(19)7-4-11;1-22-15-11(16(20)21)6-8-13-14(15)12(18-19-13)7-5-10-4-2-3-9-17-10/h9-16,25H,5-8,17-19H2,1-4H3;6-13,27H,5H2,1-4H3;3-10,22H,2H2,1H3,(H,20,21);2-9H,1H3,(H,18,19)(H,20,21)/b15-11+;12-8+;9-5+;7-5+. The molecule has 7 aromatic carbocycles. The second-order valence-corrected chi connectivity index (χ2v) is 27.6. The summed E-state index contributed by atoms with van der Waals surface area (Å²) in [5.74, 6) is -3.97. The van der Waals surface area contributed by atoms with Crippen LogP contribution in [-0.4, -0.2) is 161 Å². The first-order valence-corrected chi connectivity index (χ1v) is 37.1. The lowest BCUT2D eigenvalue weighted by atomic mass is 10.1. The number of carboxylic acids is 1. The van der Waals surface area contributed by atoms with Crippen LogP contribution in [0.5, 0.6) is 23.0 Å². The van der Waals surface area contributed by atoms with Crippen molar-refractivity contribution in [3.8, 4) is 23.0 Å². The van der Waals surface area contributed by atoms with Crippen LogP contribution in [0.3, 0.4) is 0 Å². The fourth-order valence-corrected chi connectivity index (χ4v) is 11.7. The SMILES string of the molecule is CCOC(=O)c1ccc2c(c(/C=C/c3ccc(F)cc3)nn2C(=O)OC(C)(C)C)c1O.CCOC(=O)c1ccc2c(c(/C=C/c3ccc(F)cc3)nn2C(=O)OC(C)(C)C)c1OCCOC1CCCCO1.CCOC(=O)c1ccc2n[nH]c(/C=C/c3ccc(F)cc3)c2c1O.COc1c(C(=O)O)ccc2n[nH]c(/C=C/c3ccccn3)c12. The number of H-pyrrole nitrogens is 2. The highest BCUT2D eigenvalue weighted by Crippen LogP contribution is 2.38. The van der Waals surface area contributed by atoms with Gasteiger partial charge in [0.05, 0.1) is 106 Å². The van der Waals surface area contributed by atoms with E-state index in [0.29, 0.717) is 73.3 Å². The largest absolute Gasteiger partial charge is 0.506 e. The van der Waals surface area contributed by atoms with Crippen LogP contribution in [-0.2, 0) is 33.2 Å². The number of aromatic nitrogens is 9. The summed E-state index contributed by atoms with van der Waals surface area (Å²) in [5.41, 5.74) is 5.38.